The number of fused-ring (bicyclic) bond motifs is 1. The van der Waals surface area contributed by atoms with Crippen molar-refractivity contribution in [2.75, 3.05) is 33.4 Å². The summed E-state index contributed by atoms with van der Waals surface area (Å²) in [7, 11) is 1.61. The molecule has 0 spiro atoms. The van der Waals surface area contributed by atoms with Gasteiger partial charge >= 0.3 is 0 Å². The van der Waals surface area contributed by atoms with Gasteiger partial charge in [0, 0.05) is 38.6 Å². The second-order valence-corrected chi connectivity index (χ2v) is 5.89. The molecule has 5 nitrogen and oxygen atoms in total. The van der Waals surface area contributed by atoms with Crippen LogP contribution in [-0.2, 0) is 16.1 Å². The molecular weight excluding hydrogens is 309 g/mol. The normalized spacial score (nSPS) is 17.5. The van der Waals surface area contributed by atoms with Gasteiger partial charge in [-0.25, -0.2) is 4.39 Å². The van der Waals surface area contributed by atoms with E-state index in [-0.39, 0.29) is 17.8 Å². The summed E-state index contributed by atoms with van der Waals surface area (Å²) in [5.74, 6) is -0.284. The Kier molecular flexibility index (Phi) is 5.27. The maximum atomic E-state index is 13.3. The van der Waals surface area contributed by atoms with Crippen molar-refractivity contribution in [3.8, 4) is 0 Å². The predicted molar refractivity (Wildman–Crippen MR) is 89.1 cm³/mol. The van der Waals surface area contributed by atoms with Crippen LogP contribution in [0, 0.1) is 5.82 Å². The van der Waals surface area contributed by atoms with Crippen molar-refractivity contribution in [3.63, 3.8) is 0 Å². The molecule has 1 aromatic heterocycles. The number of carbonyl (C=O) groups excluding carboxylic acids is 1. The SMILES string of the molecule is COCCNC(=O)CN1CCn2cccc2[C@H]1c1ccc(F)cc1. The van der Waals surface area contributed by atoms with E-state index in [1.807, 2.05) is 12.3 Å². The zero-order valence-corrected chi connectivity index (χ0v) is 13.7. The van der Waals surface area contributed by atoms with Gasteiger partial charge in [0.05, 0.1) is 19.2 Å². The van der Waals surface area contributed by atoms with E-state index in [0.29, 0.717) is 19.7 Å². The number of amides is 1. The molecule has 0 unspecified atom stereocenters. The smallest absolute Gasteiger partial charge is 0.234 e. The molecule has 0 bridgehead atoms. The van der Waals surface area contributed by atoms with E-state index in [2.05, 4.69) is 20.9 Å². The van der Waals surface area contributed by atoms with Crippen LogP contribution < -0.4 is 5.32 Å². The zero-order valence-electron chi connectivity index (χ0n) is 13.7. The Morgan fingerprint density at radius 1 is 1.29 bits per heavy atom. The van der Waals surface area contributed by atoms with Crippen molar-refractivity contribution >= 4 is 5.91 Å². The first-order chi connectivity index (χ1) is 11.7. The molecule has 2 heterocycles. The monoisotopic (exact) mass is 331 g/mol. The third-order valence-electron chi connectivity index (χ3n) is 4.30. The molecule has 0 aliphatic carbocycles. The topological polar surface area (TPSA) is 46.5 Å². The second-order valence-electron chi connectivity index (χ2n) is 5.89. The Morgan fingerprint density at radius 3 is 2.83 bits per heavy atom. The highest BCUT2D eigenvalue weighted by atomic mass is 19.1. The van der Waals surface area contributed by atoms with E-state index in [1.54, 1.807) is 19.2 Å². The number of halogens is 1. The lowest BCUT2D eigenvalue weighted by Crippen LogP contribution is -2.44. The molecule has 1 atom stereocenters. The van der Waals surface area contributed by atoms with E-state index in [9.17, 15) is 9.18 Å². The highest BCUT2D eigenvalue weighted by Gasteiger charge is 2.29. The standard InChI is InChI=1S/C18H22FN3O2/c1-24-12-8-20-17(23)13-22-11-10-21-9-2-3-16(21)18(22)14-4-6-15(19)7-5-14/h2-7,9,18H,8,10-13H2,1H3,(H,20,23)/t18-/m1/s1. The Morgan fingerprint density at radius 2 is 2.08 bits per heavy atom. The molecule has 1 amide bonds. The maximum absolute atomic E-state index is 13.3. The number of methoxy groups -OCH3 is 1. The number of nitrogens with one attached hydrogen (secondary N) is 1. The molecule has 2 aromatic rings. The van der Waals surface area contributed by atoms with Crippen LogP contribution >= 0.6 is 0 Å². The van der Waals surface area contributed by atoms with E-state index in [0.717, 1.165) is 24.3 Å². The van der Waals surface area contributed by atoms with Crippen LogP contribution in [-0.4, -0.2) is 48.7 Å². The van der Waals surface area contributed by atoms with Crippen molar-refractivity contribution < 1.29 is 13.9 Å². The number of benzene rings is 1. The average Bonchev–Trinajstić information content (AvgIpc) is 3.04. The fourth-order valence-electron chi connectivity index (χ4n) is 3.16. The fourth-order valence-corrected chi connectivity index (χ4v) is 3.16. The van der Waals surface area contributed by atoms with Gasteiger partial charge in [-0.2, -0.15) is 0 Å². The summed E-state index contributed by atoms with van der Waals surface area (Å²) in [5, 5.41) is 2.86. The van der Waals surface area contributed by atoms with Gasteiger partial charge in [0.15, 0.2) is 0 Å². The summed E-state index contributed by atoms with van der Waals surface area (Å²) in [6, 6.07) is 10.5. The van der Waals surface area contributed by atoms with Gasteiger partial charge in [0.25, 0.3) is 0 Å². The van der Waals surface area contributed by atoms with Crippen molar-refractivity contribution in [2.24, 2.45) is 0 Å². The van der Waals surface area contributed by atoms with Gasteiger partial charge < -0.3 is 14.6 Å². The highest BCUT2D eigenvalue weighted by Crippen LogP contribution is 2.32. The van der Waals surface area contributed by atoms with E-state index >= 15 is 0 Å². The number of nitrogens with zero attached hydrogens (tertiary/aromatic N) is 2. The molecule has 24 heavy (non-hydrogen) atoms. The Balaban J connectivity index is 1.80. The molecule has 128 valence electrons. The molecule has 0 fully saturated rings. The van der Waals surface area contributed by atoms with E-state index < -0.39 is 0 Å². The number of ether oxygens (including phenoxy) is 1. The van der Waals surface area contributed by atoms with Crippen LogP contribution in [0.5, 0.6) is 0 Å². The fraction of sp³-hybridized carbons (Fsp3) is 0.389. The molecule has 1 N–H and O–H groups in total. The van der Waals surface area contributed by atoms with E-state index in [1.165, 1.54) is 12.1 Å². The van der Waals surface area contributed by atoms with Gasteiger partial charge in [0.1, 0.15) is 5.82 Å². The first-order valence-corrected chi connectivity index (χ1v) is 8.09. The van der Waals surface area contributed by atoms with Crippen LogP contribution in [0.1, 0.15) is 17.3 Å². The zero-order chi connectivity index (χ0) is 16.9. The molecule has 1 aliphatic heterocycles. The third kappa shape index (κ3) is 3.66. The van der Waals surface area contributed by atoms with Gasteiger partial charge in [-0.3, -0.25) is 9.69 Å². The van der Waals surface area contributed by atoms with Gasteiger partial charge in [-0.1, -0.05) is 12.1 Å². The Hall–Kier alpha value is -2.18. The van der Waals surface area contributed by atoms with Crippen LogP contribution in [0.3, 0.4) is 0 Å². The van der Waals surface area contributed by atoms with Crippen LogP contribution in [0.15, 0.2) is 42.6 Å². The molecule has 6 heteroatoms. The van der Waals surface area contributed by atoms with Crippen LogP contribution in [0.4, 0.5) is 4.39 Å². The second kappa shape index (κ2) is 7.59. The average molecular weight is 331 g/mol. The summed E-state index contributed by atoms with van der Waals surface area (Å²) in [5.41, 5.74) is 2.11. The first-order valence-electron chi connectivity index (χ1n) is 8.09. The Bertz CT molecular complexity index is 684. The van der Waals surface area contributed by atoms with E-state index in [4.69, 9.17) is 4.74 Å². The Labute approximate surface area is 141 Å². The molecule has 0 radical (unpaired) electrons. The first kappa shape index (κ1) is 16.7. The van der Waals surface area contributed by atoms with Crippen molar-refractivity contribution in [2.45, 2.75) is 12.6 Å². The number of rotatable bonds is 6. The van der Waals surface area contributed by atoms with Gasteiger partial charge in [-0.05, 0) is 29.8 Å². The minimum Gasteiger partial charge on any atom is -0.383 e. The predicted octanol–water partition coefficient (Wildman–Crippen LogP) is 1.79. The van der Waals surface area contributed by atoms with Gasteiger partial charge in [-0.15, -0.1) is 0 Å². The highest BCUT2D eigenvalue weighted by molar-refractivity contribution is 5.78. The molecular formula is C18H22FN3O2. The van der Waals surface area contributed by atoms with Gasteiger partial charge in [0.2, 0.25) is 5.91 Å². The minimum atomic E-state index is -0.256. The summed E-state index contributed by atoms with van der Waals surface area (Å²) in [6.45, 7) is 2.90. The summed E-state index contributed by atoms with van der Waals surface area (Å²) < 4.78 is 20.4. The quantitative estimate of drug-likeness (QED) is 0.821. The molecule has 1 aromatic carbocycles. The lowest BCUT2D eigenvalue weighted by molar-refractivity contribution is -0.123. The summed E-state index contributed by atoms with van der Waals surface area (Å²) >= 11 is 0. The number of carbonyl (C=O) groups is 1. The summed E-state index contributed by atoms with van der Waals surface area (Å²) in [6.07, 6.45) is 2.04. The number of aromatic nitrogens is 1. The number of hydrogen-bond acceptors (Lipinski definition) is 3. The largest absolute Gasteiger partial charge is 0.383 e. The minimum absolute atomic E-state index is 0.0285. The van der Waals surface area contributed by atoms with Crippen LogP contribution in [0.2, 0.25) is 0 Å². The van der Waals surface area contributed by atoms with Crippen molar-refractivity contribution in [1.29, 1.82) is 0 Å². The van der Waals surface area contributed by atoms with Crippen molar-refractivity contribution in [3.05, 3.63) is 59.7 Å². The van der Waals surface area contributed by atoms with Crippen molar-refractivity contribution in [1.82, 2.24) is 14.8 Å². The molecule has 1 aliphatic rings. The lowest BCUT2D eigenvalue weighted by atomic mass is 10.00. The summed E-state index contributed by atoms with van der Waals surface area (Å²) in [4.78, 5) is 14.3. The molecule has 3 rings (SSSR count). The maximum Gasteiger partial charge on any atom is 0.234 e. The molecule has 0 saturated carbocycles. The lowest BCUT2D eigenvalue weighted by Gasteiger charge is -2.36. The number of hydrogen-bond donors (Lipinski definition) is 1. The van der Waals surface area contributed by atoms with Crippen LogP contribution in [0.25, 0.3) is 0 Å². The molecule has 0 saturated heterocycles. The third-order valence-corrected chi connectivity index (χ3v) is 4.30.